The molecule has 0 amide bonds. The number of likely N-dealkylation sites (tertiary alicyclic amines) is 5. The monoisotopic (exact) mass is 1390 g/mol. The van der Waals surface area contributed by atoms with E-state index >= 15 is 0 Å². The topological polar surface area (TPSA) is 40.0 Å². The summed E-state index contributed by atoms with van der Waals surface area (Å²) in [6.45, 7) is 32.1. The Labute approximate surface area is 569 Å². The third kappa shape index (κ3) is 23.1. The van der Waals surface area contributed by atoms with Gasteiger partial charge in [-0.25, -0.2) is 13.2 Å². The zero-order valence-electron chi connectivity index (χ0n) is 56.8. The first-order valence-corrected chi connectivity index (χ1v) is 34.2. The predicted octanol–water partition coefficient (Wildman–Crippen LogP) is 20.7. The van der Waals surface area contributed by atoms with E-state index < -0.39 is 64.4 Å². The van der Waals surface area contributed by atoms with Gasteiger partial charge in [0.2, 0.25) is 0 Å². The number of alkyl halides is 12. The first-order chi connectivity index (χ1) is 46.5. The predicted molar refractivity (Wildman–Crippen MR) is 360 cm³/mol. The van der Waals surface area contributed by atoms with Crippen LogP contribution in [0.2, 0.25) is 0 Å². The largest absolute Gasteiger partial charge is 0.419 e. The van der Waals surface area contributed by atoms with Gasteiger partial charge in [0.1, 0.15) is 23.5 Å². The number of rotatable bonds is 15. The van der Waals surface area contributed by atoms with Crippen LogP contribution in [0.5, 0.6) is 0 Å². The van der Waals surface area contributed by atoms with Gasteiger partial charge in [-0.15, -0.1) is 19.7 Å². The summed E-state index contributed by atoms with van der Waals surface area (Å²) in [5.74, 6) is -2.04. The van der Waals surface area contributed by atoms with E-state index in [9.17, 15) is 65.9 Å². The maximum atomic E-state index is 14.1. The SMILES string of the molecule is C=CCN1CCC(c2cccc(C(F)(F)F)c2C)CC1.C=CCN1CCC(c2cccc(C(F)(F)F)c2F)CC1.C=CCN1CCC(c2cccc(F)c2C#N)CC1.CCCN1CCC(c2cccc(C(F)(F)F)c2C)CC1.CCCN1CCC(c2cccc(C(F)(F)F)c2F)CC1. The Hall–Kier alpha value is -6.44. The average molecular weight is 1390 g/mol. The molecule has 5 aromatic carbocycles. The van der Waals surface area contributed by atoms with Gasteiger partial charge in [0.05, 0.1) is 27.8 Å². The zero-order chi connectivity index (χ0) is 72.0. The zero-order valence-corrected chi connectivity index (χ0v) is 56.8. The fourth-order valence-corrected chi connectivity index (χ4v) is 14.4. The van der Waals surface area contributed by atoms with E-state index in [4.69, 9.17) is 5.26 Å². The van der Waals surface area contributed by atoms with E-state index in [0.29, 0.717) is 29.9 Å². The average Bonchev–Trinajstić information content (AvgIpc) is 0.824. The van der Waals surface area contributed by atoms with E-state index in [-0.39, 0.29) is 40.4 Å². The Balaban J connectivity index is 0.000000193. The van der Waals surface area contributed by atoms with Crippen molar-refractivity contribution < 1.29 is 65.9 Å². The lowest BCUT2D eigenvalue weighted by Crippen LogP contribution is -2.33. The summed E-state index contributed by atoms with van der Waals surface area (Å²) < 4.78 is 196. The van der Waals surface area contributed by atoms with Crippen LogP contribution in [0.3, 0.4) is 0 Å². The highest BCUT2D eigenvalue weighted by Gasteiger charge is 2.39. The summed E-state index contributed by atoms with van der Waals surface area (Å²) in [6, 6.07) is 23.2. The first-order valence-electron chi connectivity index (χ1n) is 34.2. The molecule has 21 heteroatoms. The minimum Gasteiger partial charge on any atom is -0.303 e. The van der Waals surface area contributed by atoms with Gasteiger partial charge in [0.15, 0.2) is 0 Å². The summed E-state index contributed by atoms with van der Waals surface area (Å²) in [5, 5.41) is 9.05. The van der Waals surface area contributed by atoms with Gasteiger partial charge in [-0.2, -0.15) is 57.9 Å². The molecule has 0 N–H and O–H groups in total. The van der Waals surface area contributed by atoms with Crippen molar-refractivity contribution in [1.82, 2.24) is 24.5 Å². The third-order valence-electron chi connectivity index (χ3n) is 19.6. The van der Waals surface area contributed by atoms with Crippen LogP contribution in [0.25, 0.3) is 0 Å². The molecule has 0 aromatic heterocycles. The van der Waals surface area contributed by atoms with Crippen LogP contribution in [0.4, 0.5) is 65.9 Å². The maximum Gasteiger partial charge on any atom is 0.419 e. The summed E-state index contributed by atoms with van der Waals surface area (Å²) in [6.07, 6.45) is -1.51. The molecule has 0 aliphatic carbocycles. The molecule has 5 aliphatic heterocycles. The number of piperidine rings is 5. The fraction of sp³-hybridized carbons (Fsp3) is 0.519. The summed E-state index contributed by atoms with van der Waals surface area (Å²) in [7, 11) is 0. The van der Waals surface area contributed by atoms with Crippen molar-refractivity contribution in [2.24, 2.45) is 0 Å². The van der Waals surface area contributed by atoms with Crippen LogP contribution in [-0.2, 0) is 24.7 Å². The number of halogens is 15. The highest BCUT2D eigenvalue weighted by Crippen LogP contribution is 2.42. The van der Waals surface area contributed by atoms with Crippen molar-refractivity contribution in [3.63, 3.8) is 0 Å². The summed E-state index contributed by atoms with van der Waals surface area (Å²) in [4.78, 5) is 11.5. The van der Waals surface area contributed by atoms with E-state index in [2.05, 4.69) is 58.1 Å². The first kappa shape index (κ1) is 80.5. The highest BCUT2D eigenvalue weighted by molar-refractivity contribution is 5.42. The minimum absolute atomic E-state index is 0.106. The second kappa shape index (κ2) is 37.8. The van der Waals surface area contributed by atoms with Crippen LogP contribution in [0.15, 0.2) is 129 Å². The second-order valence-electron chi connectivity index (χ2n) is 26.1. The van der Waals surface area contributed by atoms with Gasteiger partial charge in [0.25, 0.3) is 0 Å². The number of hydrogen-bond acceptors (Lipinski definition) is 6. The van der Waals surface area contributed by atoms with Crippen molar-refractivity contribution in [1.29, 1.82) is 5.26 Å². The summed E-state index contributed by atoms with van der Waals surface area (Å²) in [5.41, 5.74) is 0.763. The lowest BCUT2D eigenvalue weighted by atomic mass is 9.85. The van der Waals surface area contributed by atoms with Crippen LogP contribution in [0.1, 0.15) is 187 Å². The molecule has 5 fully saturated rings. The molecule has 0 atom stereocenters. The molecule has 5 saturated heterocycles. The Kier molecular flexibility index (Phi) is 31.1. The Morgan fingerprint density at radius 1 is 0.378 bits per heavy atom. The molecular formula is C77H95F15N6. The van der Waals surface area contributed by atoms with Gasteiger partial charge >= 0.3 is 24.7 Å². The van der Waals surface area contributed by atoms with Crippen molar-refractivity contribution >= 4 is 0 Å². The molecule has 5 aromatic rings. The van der Waals surface area contributed by atoms with Crippen LogP contribution < -0.4 is 0 Å². The van der Waals surface area contributed by atoms with E-state index in [1.54, 1.807) is 32.1 Å². The molecule has 0 saturated carbocycles. The second-order valence-corrected chi connectivity index (χ2v) is 26.1. The van der Waals surface area contributed by atoms with Gasteiger partial charge in [0, 0.05) is 19.6 Å². The van der Waals surface area contributed by atoms with E-state index in [0.717, 1.165) is 191 Å². The number of benzene rings is 5. The van der Waals surface area contributed by atoms with Gasteiger partial charge in [-0.1, -0.05) is 92.7 Å². The molecular weight excluding hydrogens is 1290 g/mol. The minimum atomic E-state index is -4.64. The molecule has 0 bridgehead atoms. The van der Waals surface area contributed by atoms with Gasteiger partial charge < -0.3 is 9.80 Å². The standard InChI is InChI=1S/C16H22F3N.C16H20F3N.C15H19F4N.C15H17F4N.C15H17FN2/c2*1-3-9-20-10-7-13(8-11-20)14-5-4-6-15(12(14)2)16(17,18)19;2*1-2-8-20-9-6-11(7-10-20)12-4-3-5-13(14(12)16)15(17,18)19;1-2-8-18-9-6-12(7-10-18)13-4-3-5-15(16)14(13)11-17/h4-6,13H,3,7-11H2,1-2H3;3-6,13H,1,7-11H2,2H3;3-5,11H,2,6-10H2,1H3;2-5,11H,1,6-10H2;2-5,12H,1,6-10H2. The van der Waals surface area contributed by atoms with E-state index in [1.165, 1.54) is 48.5 Å². The lowest BCUT2D eigenvalue weighted by Gasteiger charge is -2.33. The van der Waals surface area contributed by atoms with Crippen LogP contribution in [-0.4, -0.2) is 123 Å². The molecule has 538 valence electrons. The van der Waals surface area contributed by atoms with Crippen molar-refractivity contribution in [2.75, 3.05) is 98.2 Å². The molecule has 10 rings (SSSR count). The van der Waals surface area contributed by atoms with Gasteiger partial charge in [-0.05, 0) is 268 Å². The number of nitrogens with zero attached hydrogens (tertiary/aromatic N) is 6. The van der Waals surface area contributed by atoms with Crippen molar-refractivity contribution in [2.45, 2.75) is 159 Å². The number of hydrogen-bond donors (Lipinski definition) is 0. The third-order valence-corrected chi connectivity index (χ3v) is 19.6. The van der Waals surface area contributed by atoms with Gasteiger partial charge in [-0.3, -0.25) is 14.7 Å². The molecule has 0 unspecified atom stereocenters. The fourth-order valence-electron chi connectivity index (χ4n) is 14.4. The summed E-state index contributed by atoms with van der Waals surface area (Å²) >= 11 is 0. The molecule has 6 nitrogen and oxygen atoms in total. The van der Waals surface area contributed by atoms with Crippen LogP contribution >= 0.6 is 0 Å². The molecule has 5 aliphatic rings. The number of nitriles is 1. The maximum absolute atomic E-state index is 14.1. The smallest absolute Gasteiger partial charge is 0.303 e. The highest BCUT2D eigenvalue weighted by atomic mass is 19.4. The Morgan fingerprint density at radius 2 is 0.622 bits per heavy atom. The molecule has 5 heterocycles. The molecule has 0 radical (unpaired) electrons. The Morgan fingerprint density at radius 3 is 0.898 bits per heavy atom. The Bertz CT molecular complexity index is 3150. The van der Waals surface area contributed by atoms with Crippen LogP contribution in [0, 0.1) is 42.6 Å². The lowest BCUT2D eigenvalue weighted by molar-refractivity contribution is -0.141. The molecule has 0 spiro atoms. The molecule has 98 heavy (non-hydrogen) atoms. The normalized spacial score (nSPS) is 18.1. The van der Waals surface area contributed by atoms with Crippen molar-refractivity contribution in [3.05, 3.63) is 213 Å². The van der Waals surface area contributed by atoms with E-state index in [1.807, 2.05) is 36.4 Å². The quantitative estimate of drug-likeness (QED) is 0.0768. The van der Waals surface area contributed by atoms with Crippen molar-refractivity contribution in [3.8, 4) is 6.07 Å².